The van der Waals surface area contributed by atoms with Crippen molar-refractivity contribution in [3.05, 3.63) is 53.9 Å². The van der Waals surface area contributed by atoms with Gasteiger partial charge >= 0.3 is 6.18 Å². The summed E-state index contributed by atoms with van der Waals surface area (Å²) >= 11 is 0.734. The minimum Gasteiger partial charge on any atom is -0.352 e. The molecular weight excluding hydrogens is 513 g/mol. The summed E-state index contributed by atoms with van der Waals surface area (Å²) in [7, 11) is 0. The molecule has 3 aromatic rings. The van der Waals surface area contributed by atoms with Crippen LogP contribution in [0.5, 0.6) is 0 Å². The molecule has 5 rings (SSSR count). The fourth-order valence-electron chi connectivity index (χ4n) is 5.45. The van der Waals surface area contributed by atoms with E-state index >= 15 is 0 Å². The van der Waals surface area contributed by atoms with Crippen LogP contribution in [0.4, 0.5) is 18.3 Å². The van der Waals surface area contributed by atoms with Gasteiger partial charge in [0.25, 0.3) is 0 Å². The average molecular weight is 545 g/mol. The summed E-state index contributed by atoms with van der Waals surface area (Å²) in [5.74, 6) is 0.0537. The van der Waals surface area contributed by atoms with Crippen LogP contribution in [-0.2, 0) is 6.18 Å². The molecule has 2 unspecified atom stereocenters. The third-order valence-electron chi connectivity index (χ3n) is 7.28. The van der Waals surface area contributed by atoms with Gasteiger partial charge in [0, 0.05) is 17.1 Å². The van der Waals surface area contributed by atoms with E-state index in [1.807, 2.05) is 24.3 Å². The van der Waals surface area contributed by atoms with Crippen LogP contribution in [0.15, 0.2) is 42.5 Å². The van der Waals surface area contributed by atoms with E-state index in [-0.39, 0.29) is 11.2 Å². The minimum atomic E-state index is -4.59. The molecule has 2 atom stereocenters. The zero-order chi connectivity index (χ0) is 26.8. The summed E-state index contributed by atoms with van der Waals surface area (Å²) in [4.78, 5) is 3.80. The van der Waals surface area contributed by atoms with Gasteiger partial charge in [-0.05, 0) is 47.6 Å². The SMILES string of the molecule is CC(C)CNC1(C2CCCCC2)C=CC(c2ccccc2-c2nn[nH]n2)=CC1Nc1nc(C(F)(F)F)ns1. The Balaban J connectivity index is 1.58. The molecule has 2 aliphatic rings. The molecule has 1 saturated carbocycles. The summed E-state index contributed by atoms with van der Waals surface area (Å²) in [6.45, 7) is 5.07. The number of hydrogen-bond donors (Lipinski definition) is 3. The van der Waals surface area contributed by atoms with Gasteiger partial charge in [-0.15, -0.1) is 10.2 Å². The number of tetrazole rings is 1. The molecule has 202 valence electrons. The van der Waals surface area contributed by atoms with Gasteiger partial charge in [-0.25, -0.2) is 0 Å². The number of aromatic amines is 1. The molecule has 0 saturated heterocycles. The first-order valence-electron chi connectivity index (χ1n) is 12.9. The Kier molecular flexibility index (Phi) is 7.62. The molecule has 0 radical (unpaired) electrons. The number of aromatic nitrogens is 6. The van der Waals surface area contributed by atoms with Crippen LogP contribution in [0.25, 0.3) is 17.0 Å². The number of allylic oxidation sites excluding steroid dienone is 2. The maximum atomic E-state index is 13.3. The normalized spacial score (nSPS) is 22.6. The molecule has 0 bridgehead atoms. The minimum absolute atomic E-state index is 0.145. The van der Waals surface area contributed by atoms with Crippen molar-refractivity contribution in [2.75, 3.05) is 11.9 Å². The van der Waals surface area contributed by atoms with Gasteiger partial charge < -0.3 is 10.6 Å². The summed E-state index contributed by atoms with van der Waals surface area (Å²) in [6, 6.07) is 7.40. The predicted octanol–water partition coefficient (Wildman–Crippen LogP) is 5.74. The van der Waals surface area contributed by atoms with Crippen LogP contribution >= 0.6 is 11.5 Å². The standard InChI is InChI=1S/C26H31F3N8S/c1-16(2)15-30-25(18-8-4-3-5-9-18)13-12-17(19-10-6-7-11-20(19)22-33-36-37-34-22)14-21(25)31-24-32-23(35-38-24)26(27,28)29/h6-7,10-14,16,18,21,30H,3-5,8-9,15H2,1-2H3,(H,31,32,35)(H,33,34,36,37). The topological polar surface area (TPSA) is 104 Å². The summed E-state index contributed by atoms with van der Waals surface area (Å²) in [5, 5.41) is 21.8. The van der Waals surface area contributed by atoms with E-state index in [0.717, 1.165) is 60.5 Å². The van der Waals surface area contributed by atoms with Gasteiger partial charge in [0.15, 0.2) is 0 Å². The largest absolute Gasteiger partial charge is 0.452 e. The van der Waals surface area contributed by atoms with Gasteiger partial charge in [0.1, 0.15) is 0 Å². The Bertz CT molecular complexity index is 1280. The molecule has 0 spiro atoms. The number of benzene rings is 1. The van der Waals surface area contributed by atoms with E-state index in [0.29, 0.717) is 17.7 Å². The first-order valence-corrected chi connectivity index (χ1v) is 13.7. The third kappa shape index (κ3) is 5.51. The van der Waals surface area contributed by atoms with E-state index < -0.39 is 17.5 Å². The molecule has 0 aliphatic heterocycles. The number of alkyl halides is 3. The Morgan fingerprint density at radius 1 is 1.13 bits per heavy atom. The van der Waals surface area contributed by atoms with Gasteiger partial charge in [-0.3, -0.25) is 0 Å². The van der Waals surface area contributed by atoms with Crippen molar-refractivity contribution in [2.45, 2.75) is 63.7 Å². The number of halogens is 3. The lowest BCUT2D eigenvalue weighted by molar-refractivity contribution is -0.144. The molecule has 2 heterocycles. The second-order valence-electron chi connectivity index (χ2n) is 10.3. The molecule has 2 aromatic heterocycles. The lowest BCUT2D eigenvalue weighted by atomic mass is 9.67. The quantitative estimate of drug-likeness (QED) is 0.332. The van der Waals surface area contributed by atoms with Crippen molar-refractivity contribution in [1.82, 2.24) is 35.3 Å². The zero-order valence-electron chi connectivity index (χ0n) is 21.3. The molecule has 1 aromatic carbocycles. The fraction of sp³-hybridized carbons (Fsp3) is 0.500. The molecular formula is C26H31F3N8S. The number of anilines is 1. The smallest absolute Gasteiger partial charge is 0.352 e. The van der Waals surface area contributed by atoms with E-state index in [1.165, 1.54) is 6.42 Å². The maximum Gasteiger partial charge on any atom is 0.452 e. The van der Waals surface area contributed by atoms with E-state index in [9.17, 15) is 13.2 Å². The molecule has 12 heteroatoms. The first-order chi connectivity index (χ1) is 18.3. The second-order valence-corrected chi connectivity index (χ2v) is 11.1. The third-order valence-corrected chi connectivity index (χ3v) is 7.93. The van der Waals surface area contributed by atoms with Crippen molar-refractivity contribution in [1.29, 1.82) is 0 Å². The van der Waals surface area contributed by atoms with E-state index in [1.54, 1.807) is 0 Å². The summed E-state index contributed by atoms with van der Waals surface area (Å²) < 4.78 is 43.5. The Morgan fingerprint density at radius 3 is 2.55 bits per heavy atom. The van der Waals surface area contributed by atoms with Crippen molar-refractivity contribution < 1.29 is 13.2 Å². The predicted molar refractivity (Wildman–Crippen MR) is 141 cm³/mol. The van der Waals surface area contributed by atoms with Crippen LogP contribution in [0.3, 0.4) is 0 Å². The van der Waals surface area contributed by atoms with Gasteiger partial charge in [0.05, 0.1) is 11.6 Å². The monoisotopic (exact) mass is 544 g/mol. The Morgan fingerprint density at radius 2 is 1.89 bits per heavy atom. The molecule has 2 aliphatic carbocycles. The highest BCUT2D eigenvalue weighted by Gasteiger charge is 2.45. The summed E-state index contributed by atoms with van der Waals surface area (Å²) in [5.41, 5.74) is 2.14. The highest BCUT2D eigenvalue weighted by atomic mass is 32.1. The summed E-state index contributed by atoms with van der Waals surface area (Å²) in [6.07, 6.45) is 7.36. The number of nitrogens with zero attached hydrogens (tertiary/aromatic N) is 5. The molecule has 38 heavy (non-hydrogen) atoms. The molecule has 8 nitrogen and oxygen atoms in total. The van der Waals surface area contributed by atoms with Crippen LogP contribution < -0.4 is 10.6 Å². The first kappa shape index (κ1) is 26.5. The fourth-order valence-corrected chi connectivity index (χ4v) is 6.07. The highest BCUT2D eigenvalue weighted by Crippen LogP contribution is 2.42. The van der Waals surface area contributed by atoms with Crippen molar-refractivity contribution in [2.24, 2.45) is 11.8 Å². The number of H-pyrrole nitrogens is 1. The second kappa shape index (κ2) is 10.9. The molecule has 0 amide bonds. The Hall–Kier alpha value is -3.12. The highest BCUT2D eigenvalue weighted by molar-refractivity contribution is 7.09. The number of hydrogen-bond acceptors (Lipinski definition) is 8. The average Bonchev–Trinajstić information content (AvgIpc) is 3.61. The molecule has 1 fully saturated rings. The zero-order valence-corrected chi connectivity index (χ0v) is 22.1. The van der Waals surface area contributed by atoms with Crippen molar-refractivity contribution in [3.8, 4) is 11.4 Å². The lowest BCUT2D eigenvalue weighted by Gasteiger charge is -2.48. The van der Waals surface area contributed by atoms with E-state index in [4.69, 9.17) is 0 Å². The van der Waals surface area contributed by atoms with Crippen LogP contribution in [-0.4, -0.2) is 48.1 Å². The number of nitrogens with one attached hydrogen (secondary N) is 3. The maximum absolute atomic E-state index is 13.3. The van der Waals surface area contributed by atoms with Crippen molar-refractivity contribution >= 4 is 22.2 Å². The van der Waals surface area contributed by atoms with Crippen molar-refractivity contribution in [3.63, 3.8) is 0 Å². The molecule has 3 N–H and O–H groups in total. The van der Waals surface area contributed by atoms with Crippen LogP contribution in [0.1, 0.15) is 57.3 Å². The lowest BCUT2D eigenvalue weighted by Crippen LogP contribution is -2.62. The van der Waals surface area contributed by atoms with Gasteiger partial charge in [0.2, 0.25) is 16.8 Å². The van der Waals surface area contributed by atoms with Gasteiger partial charge in [-0.1, -0.05) is 75.6 Å². The Labute approximate surface area is 223 Å². The van der Waals surface area contributed by atoms with E-state index in [2.05, 4.69) is 72.7 Å². The van der Waals surface area contributed by atoms with Gasteiger partial charge in [-0.2, -0.15) is 27.7 Å². The number of rotatable bonds is 8. The van der Waals surface area contributed by atoms with Crippen LogP contribution in [0.2, 0.25) is 0 Å². The van der Waals surface area contributed by atoms with Crippen LogP contribution in [0, 0.1) is 11.8 Å².